The van der Waals surface area contributed by atoms with Gasteiger partial charge in [-0.05, 0) is 25.5 Å². The molecule has 0 spiro atoms. The Balaban J connectivity index is 2.45. The van der Waals surface area contributed by atoms with E-state index in [1.165, 1.54) is 0 Å². The number of ether oxygens (including phenoxy) is 1. The van der Waals surface area contributed by atoms with Crippen LogP contribution in [0.2, 0.25) is 0 Å². The van der Waals surface area contributed by atoms with E-state index in [4.69, 9.17) is 10.5 Å². The first-order valence-electron chi connectivity index (χ1n) is 6.76. The Morgan fingerprint density at radius 2 is 2.20 bits per heavy atom. The molecule has 0 radical (unpaired) electrons. The van der Waals surface area contributed by atoms with E-state index in [9.17, 15) is 4.79 Å². The van der Waals surface area contributed by atoms with Gasteiger partial charge in [0.2, 0.25) is 5.78 Å². The number of benzene rings is 1. The largest absolute Gasteiger partial charge is 0.493 e. The molecule has 0 bridgehead atoms. The van der Waals surface area contributed by atoms with Gasteiger partial charge in [0.25, 0.3) is 0 Å². The number of hydrogen-bond acceptors (Lipinski definition) is 4. The van der Waals surface area contributed by atoms with Gasteiger partial charge in [0, 0.05) is 24.6 Å². The standard InChI is InChI=1S/C15H19N3O2/c1-3-9-18-10-8-17-15(18)14(19)13-11(16)6-5-7-12(13)20-4-2/h5-8,10H,3-4,9,16H2,1-2H3. The van der Waals surface area contributed by atoms with Gasteiger partial charge in [0.1, 0.15) is 5.75 Å². The van der Waals surface area contributed by atoms with Crippen molar-refractivity contribution in [2.45, 2.75) is 26.8 Å². The van der Waals surface area contributed by atoms with Crippen molar-refractivity contribution < 1.29 is 9.53 Å². The Morgan fingerprint density at radius 1 is 1.40 bits per heavy atom. The first-order chi connectivity index (χ1) is 9.69. The number of nitrogens with two attached hydrogens (primary N) is 1. The average molecular weight is 273 g/mol. The summed E-state index contributed by atoms with van der Waals surface area (Å²) < 4.78 is 7.34. The molecule has 2 rings (SSSR count). The predicted octanol–water partition coefficient (Wildman–Crippen LogP) is 2.51. The Bertz CT molecular complexity index is 605. The quantitative estimate of drug-likeness (QED) is 0.648. The van der Waals surface area contributed by atoms with Gasteiger partial charge in [-0.15, -0.1) is 0 Å². The second-order valence-corrected chi connectivity index (χ2v) is 4.43. The number of nitrogens with zero attached hydrogens (tertiary/aromatic N) is 2. The fraction of sp³-hybridized carbons (Fsp3) is 0.333. The monoisotopic (exact) mass is 273 g/mol. The predicted molar refractivity (Wildman–Crippen MR) is 78.0 cm³/mol. The maximum absolute atomic E-state index is 12.7. The van der Waals surface area contributed by atoms with Crippen LogP contribution in [-0.2, 0) is 6.54 Å². The molecule has 0 fully saturated rings. The summed E-state index contributed by atoms with van der Waals surface area (Å²) >= 11 is 0. The summed E-state index contributed by atoms with van der Waals surface area (Å²) in [5, 5.41) is 0. The highest BCUT2D eigenvalue weighted by Crippen LogP contribution is 2.27. The highest BCUT2D eigenvalue weighted by molar-refractivity contribution is 6.12. The zero-order chi connectivity index (χ0) is 14.5. The van der Waals surface area contributed by atoms with Crippen molar-refractivity contribution >= 4 is 11.5 Å². The minimum Gasteiger partial charge on any atom is -0.493 e. The third-order valence-corrected chi connectivity index (χ3v) is 2.97. The molecule has 0 saturated heterocycles. The lowest BCUT2D eigenvalue weighted by atomic mass is 10.1. The van der Waals surface area contributed by atoms with E-state index >= 15 is 0 Å². The van der Waals surface area contributed by atoms with E-state index < -0.39 is 0 Å². The summed E-state index contributed by atoms with van der Waals surface area (Å²) in [6.45, 7) is 5.15. The molecule has 2 aromatic rings. The minimum absolute atomic E-state index is 0.204. The molecule has 1 heterocycles. The molecule has 0 aliphatic rings. The van der Waals surface area contributed by atoms with Crippen molar-refractivity contribution in [3.8, 4) is 5.75 Å². The van der Waals surface area contributed by atoms with Crippen molar-refractivity contribution in [1.82, 2.24) is 9.55 Å². The van der Waals surface area contributed by atoms with E-state index in [2.05, 4.69) is 11.9 Å². The average Bonchev–Trinajstić information content (AvgIpc) is 2.87. The van der Waals surface area contributed by atoms with Crippen LogP contribution in [0.3, 0.4) is 0 Å². The lowest BCUT2D eigenvalue weighted by Crippen LogP contribution is -2.14. The van der Waals surface area contributed by atoms with E-state index in [-0.39, 0.29) is 5.78 Å². The maximum atomic E-state index is 12.7. The molecule has 1 aromatic carbocycles. The molecular formula is C15H19N3O2. The fourth-order valence-electron chi connectivity index (χ4n) is 2.12. The highest BCUT2D eigenvalue weighted by atomic mass is 16.5. The van der Waals surface area contributed by atoms with Crippen molar-refractivity contribution in [2.24, 2.45) is 0 Å². The van der Waals surface area contributed by atoms with E-state index in [1.54, 1.807) is 30.6 Å². The molecular weight excluding hydrogens is 254 g/mol. The van der Waals surface area contributed by atoms with Crippen LogP contribution >= 0.6 is 0 Å². The van der Waals surface area contributed by atoms with Gasteiger partial charge in [0.05, 0.1) is 12.2 Å². The Labute approximate surface area is 118 Å². The first kappa shape index (κ1) is 14.1. The van der Waals surface area contributed by atoms with Crippen LogP contribution in [0.4, 0.5) is 5.69 Å². The minimum atomic E-state index is -0.204. The molecule has 0 atom stereocenters. The van der Waals surface area contributed by atoms with Gasteiger partial charge in [-0.1, -0.05) is 13.0 Å². The van der Waals surface area contributed by atoms with E-state index in [0.717, 1.165) is 13.0 Å². The van der Waals surface area contributed by atoms with Crippen LogP contribution in [0.25, 0.3) is 0 Å². The second-order valence-electron chi connectivity index (χ2n) is 4.43. The molecule has 0 saturated carbocycles. The Hall–Kier alpha value is -2.30. The fourth-order valence-corrected chi connectivity index (χ4v) is 2.12. The summed E-state index contributed by atoms with van der Waals surface area (Å²) in [6.07, 6.45) is 4.36. The summed E-state index contributed by atoms with van der Waals surface area (Å²) in [5.74, 6) is 0.694. The van der Waals surface area contributed by atoms with Crippen LogP contribution in [0, 0.1) is 0 Å². The van der Waals surface area contributed by atoms with Crippen molar-refractivity contribution in [1.29, 1.82) is 0 Å². The number of aromatic nitrogens is 2. The van der Waals surface area contributed by atoms with Gasteiger partial charge < -0.3 is 15.0 Å². The smallest absolute Gasteiger partial charge is 0.234 e. The topological polar surface area (TPSA) is 70.1 Å². The maximum Gasteiger partial charge on any atom is 0.234 e. The van der Waals surface area contributed by atoms with Gasteiger partial charge in [-0.3, -0.25) is 4.79 Å². The van der Waals surface area contributed by atoms with E-state index in [0.29, 0.717) is 29.4 Å². The molecule has 1 aromatic heterocycles. The van der Waals surface area contributed by atoms with Crippen LogP contribution < -0.4 is 10.5 Å². The molecule has 5 heteroatoms. The molecule has 5 nitrogen and oxygen atoms in total. The van der Waals surface area contributed by atoms with Crippen LogP contribution in [0.15, 0.2) is 30.6 Å². The normalized spacial score (nSPS) is 10.5. The summed E-state index contributed by atoms with van der Waals surface area (Å²) in [4.78, 5) is 16.8. The molecule has 0 amide bonds. The third-order valence-electron chi connectivity index (χ3n) is 2.97. The number of ketones is 1. The van der Waals surface area contributed by atoms with E-state index in [1.807, 2.05) is 11.5 Å². The van der Waals surface area contributed by atoms with Crippen LogP contribution in [0.1, 0.15) is 36.5 Å². The number of nitrogen functional groups attached to an aromatic ring is 1. The number of aryl methyl sites for hydroxylation is 1. The number of anilines is 1. The molecule has 106 valence electrons. The first-order valence-corrected chi connectivity index (χ1v) is 6.76. The zero-order valence-corrected chi connectivity index (χ0v) is 11.8. The number of carbonyl (C=O) groups is 1. The van der Waals surface area contributed by atoms with Gasteiger partial charge >= 0.3 is 0 Å². The number of rotatable bonds is 6. The van der Waals surface area contributed by atoms with Gasteiger partial charge in [-0.25, -0.2) is 4.98 Å². The van der Waals surface area contributed by atoms with Crippen molar-refractivity contribution in [2.75, 3.05) is 12.3 Å². The van der Waals surface area contributed by atoms with Gasteiger partial charge in [0.15, 0.2) is 5.82 Å². The number of imidazole rings is 1. The molecule has 0 aliphatic heterocycles. The van der Waals surface area contributed by atoms with Crippen molar-refractivity contribution in [3.63, 3.8) is 0 Å². The Kier molecular flexibility index (Phi) is 4.40. The zero-order valence-electron chi connectivity index (χ0n) is 11.8. The van der Waals surface area contributed by atoms with Crippen molar-refractivity contribution in [3.05, 3.63) is 42.0 Å². The summed E-state index contributed by atoms with van der Waals surface area (Å²) in [7, 11) is 0. The molecule has 0 aliphatic carbocycles. The van der Waals surface area contributed by atoms with Crippen LogP contribution in [0.5, 0.6) is 5.75 Å². The third kappa shape index (κ3) is 2.66. The SMILES string of the molecule is CCCn1ccnc1C(=O)c1c(N)cccc1OCC. The van der Waals surface area contributed by atoms with Crippen LogP contribution in [-0.4, -0.2) is 21.9 Å². The molecule has 20 heavy (non-hydrogen) atoms. The highest BCUT2D eigenvalue weighted by Gasteiger charge is 2.21. The molecule has 0 unspecified atom stereocenters. The Morgan fingerprint density at radius 3 is 2.90 bits per heavy atom. The number of hydrogen-bond donors (Lipinski definition) is 1. The molecule has 2 N–H and O–H groups in total. The lowest BCUT2D eigenvalue weighted by molar-refractivity contribution is 0.102. The number of carbonyl (C=O) groups excluding carboxylic acids is 1. The lowest BCUT2D eigenvalue weighted by Gasteiger charge is -2.12. The van der Waals surface area contributed by atoms with Gasteiger partial charge in [-0.2, -0.15) is 0 Å². The summed E-state index contributed by atoms with van der Waals surface area (Å²) in [6, 6.07) is 5.22. The summed E-state index contributed by atoms with van der Waals surface area (Å²) in [5.41, 5.74) is 6.74. The second kappa shape index (κ2) is 6.23.